The minimum atomic E-state index is -0.122. The first-order valence-corrected chi connectivity index (χ1v) is 5.90. The molecular weight excluding hydrogens is 258 g/mol. The van der Waals surface area contributed by atoms with Crippen LogP contribution in [-0.2, 0) is 0 Å². The van der Waals surface area contributed by atoms with Gasteiger partial charge in [-0.25, -0.2) is 4.98 Å². The fourth-order valence-electron chi connectivity index (χ4n) is 1.55. The summed E-state index contributed by atoms with van der Waals surface area (Å²) in [5.41, 5.74) is 1.50. The van der Waals surface area contributed by atoms with E-state index >= 15 is 0 Å². The van der Waals surface area contributed by atoms with Gasteiger partial charge in [0.2, 0.25) is 11.8 Å². The number of hydrogen-bond donors (Lipinski definition) is 0. The standard InChI is InChI=1S/C8H7N3O.C5H6N2O/c1-6(12)11-8-5-3-2-4-7(8)9-10-11;1-5(8)7-3-2-6-4-7/h2-5H,1H3;2-4H,1H3. The van der Waals surface area contributed by atoms with Crippen molar-refractivity contribution in [1.29, 1.82) is 0 Å². The van der Waals surface area contributed by atoms with Crippen molar-refractivity contribution in [3.63, 3.8) is 0 Å². The molecule has 2 aromatic heterocycles. The molecule has 0 aliphatic heterocycles. The number of carbonyl (C=O) groups excluding carboxylic acids is 2. The maximum absolute atomic E-state index is 11.0. The smallest absolute Gasteiger partial charge is 0.245 e. The van der Waals surface area contributed by atoms with Crippen LogP contribution in [0.4, 0.5) is 0 Å². The Balaban J connectivity index is 0.000000160. The van der Waals surface area contributed by atoms with Crippen LogP contribution in [0.15, 0.2) is 43.0 Å². The summed E-state index contributed by atoms with van der Waals surface area (Å²) in [6.45, 7) is 2.95. The molecule has 0 bridgehead atoms. The van der Waals surface area contributed by atoms with Crippen LogP contribution in [-0.4, -0.2) is 36.4 Å². The van der Waals surface area contributed by atoms with Gasteiger partial charge in [0.05, 0.1) is 5.52 Å². The molecule has 7 nitrogen and oxygen atoms in total. The third-order valence-corrected chi connectivity index (χ3v) is 2.52. The molecule has 0 radical (unpaired) electrons. The zero-order valence-corrected chi connectivity index (χ0v) is 11.1. The van der Waals surface area contributed by atoms with Crippen molar-refractivity contribution in [2.75, 3.05) is 0 Å². The van der Waals surface area contributed by atoms with Crippen LogP contribution in [0.3, 0.4) is 0 Å². The Morgan fingerprint density at radius 1 is 1.10 bits per heavy atom. The summed E-state index contributed by atoms with van der Waals surface area (Å²) in [7, 11) is 0. The summed E-state index contributed by atoms with van der Waals surface area (Å²) in [6, 6.07) is 7.35. The van der Waals surface area contributed by atoms with Crippen LogP contribution in [0.25, 0.3) is 11.0 Å². The maximum atomic E-state index is 11.0. The Hall–Kier alpha value is -2.83. The van der Waals surface area contributed by atoms with E-state index < -0.39 is 0 Å². The van der Waals surface area contributed by atoms with Crippen LogP contribution < -0.4 is 0 Å². The zero-order valence-electron chi connectivity index (χ0n) is 11.1. The number of fused-ring (bicyclic) bond motifs is 1. The van der Waals surface area contributed by atoms with Gasteiger partial charge in [0.15, 0.2) is 0 Å². The van der Waals surface area contributed by atoms with E-state index in [-0.39, 0.29) is 11.8 Å². The molecule has 0 saturated heterocycles. The molecule has 102 valence electrons. The van der Waals surface area contributed by atoms with Gasteiger partial charge in [-0.15, -0.1) is 5.10 Å². The van der Waals surface area contributed by atoms with E-state index in [0.717, 1.165) is 11.0 Å². The van der Waals surface area contributed by atoms with Gasteiger partial charge in [0.1, 0.15) is 11.8 Å². The van der Waals surface area contributed by atoms with Gasteiger partial charge in [-0.1, -0.05) is 17.3 Å². The number of para-hydroxylation sites is 1. The number of rotatable bonds is 0. The highest BCUT2D eigenvalue weighted by Gasteiger charge is 2.05. The number of aromatic nitrogens is 5. The molecule has 0 N–H and O–H groups in total. The van der Waals surface area contributed by atoms with Crippen LogP contribution >= 0.6 is 0 Å². The number of hydrogen-bond acceptors (Lipinski definition) is 5. The maximum Gasteiger partial charge on any atom is 0.245 e. The van der Waals surface area contributed by atoms with Crippen molar-refractivity contribution >= 4 is 22.8 Å². The van der Waals surface area contributed by atoms with Crippen LogP contribution in [0.1, 0.15) is 23.4 Å². The summed E-state index contributed by atoms with van der Waals surface area (Å²) in [4.78, 5) is 25.1. The second-order valence-corrected chi connectivity index (χ2v) is 4.00. The topological polar surface area (TPSA) is 82.7 Å². The largest absolute Gasteiger partial charge is 0.277 e. The molecule has 0 spiro atoms. The van der Waals surface area contributed by atoms with Crippen LogP contribution in [0, 0.1) is 0 Å². The molecule has 2 heterocycles. The molecule has 3 rings (SSSR count). The van der Waals surface area contributed by atoms with Crippen LogP contribution in [0.5, 0.6) is 0 Å². The van der Waals surface area contributed by atoms with E-state index in [1.165, 1.54) is 29.4 Å². The average molecular weight is 271 g/mol. The van der Waals surface area contributed by atoms with Crippen LogP contribution in [0.2, 0.25) is 0 Å². The predicted octanol–water partition coefficient (Wildman–Crippen LogP) is 1.63. The second kappa shape index (κ2) is 5.87. The van der Waals surface area contributed by atoms with Crippen molar-refractivity contribution in [3.8, 4) is 0 Å². The highest BCUT2D eigenvalue weighted by Crippen LogP contribution is 2.08. The van der Waals surface area contributed by atoms with E-state index in [1.54, 1.807) is 12.4 Å². The van der Waals surface area contributed by atoms with E-state index in [1.807, 2.05) is 24.3 Å². The van der Waals surface area contributed by atoms with Gasteiger partial charge in [0.25, 0.3) is 0 Å². The van der Waals surface area contributed by atoms with E-state index in [0.29, 0.717) is 0 Å². The number of benzene rings is 1. The monoisotopic (exact) mass is 271 g/mol. The minimum Gasteiger partial charge on any atom is -0.277 e. The third kappa shape index (κ3) is 2.94. The number of imidazole rings is 1. The zero-order chi connectivity index (χ0) is 14.5. The lowest BCUT2D eigenvalue weighted by Gasteiger charge is -1.92. The lowest BCUT2D eigenvalue weighted by atomic mass is 10.3. The van der Waals surface area contributed by atoms with Gasteiger partial charge in [-0.05, 0) is 12.1 Å². The van der Waals surface area contributed by atoms with Gasteiger partial charge in [-0.2, -0.15) is 4.68 Å². The Labute approximate surface area is 114 Å². The van der Waals surface area contributed by atoms with Crippen molar-refractivity contribution in [1.82, 2.24) is 24.5 Å². The number of nitrogens with zero attached hydrogens (tertiary/aromatic N) is 5. The lowest BCUT2D eigenvalue weighted by molar-refractivity contribution is 0.0920. The molecule has 0 atom stereocenters. The molecule has 20 heavy (non-hydrogen) atoms. The fourth-order valence-corrected chi connectivity index (χ4v) is 1.55. The predicted molar refractivity (Wildman–Crippen MR) is 72.4 cm³/mol. The first-order chi connectivity index (χ1) is 9.59. The molecule has 3 aromatic rings. The molecule has 0 unspecified atom stereocenters. The van der Waals surface area contributed by atoms with Crippen molar-refractivity contribution < 1.29 is 9.59 Å². The summed E-state index contributed by atoms with van der Waals surface area (Å²) in [5, 5.41) is 7.54. The fraction of sp³-hybridized carbons (Fsp3) is 0.154. The van der Waals surface area contributed by atoms with E-state index in [4.69, 9.17) is 0 Å². The molecule has 0 aliphatic rings. The quantitative estimate of drug-likeness (QED) is 0.620. The van der Waals surface area contributed by atoms with E-state index in [2.05, 4.69) is 15.3 Å². The van der Waals surface area contributed by atoms with Crippen molar-refractivity contribution in [2.45, 2.75) is 13.8 Å². The SMILES string of the molecule is CC(=O)n1ccnc1.CC(=O)n1nnc2ccccc21. The Kier molecular flexibility index (Phi) is 3.99. The first-order valence-electron chi connectivity index (χ1n) is 5.90. The van der Waals surface area contributed by atoms with E-state index in [9.17, 15) is 9.59 Å². The van der Waals surface area contributed by atoms with Crippen molar-refractivity contribution in [3.05, 3.63) is 43.0 Å². The first kappa shape index (κ1) is 13.6. The summed E-state index contributed by atoms with van der Waals surface area (Å²) in [6.07, 6.45) is 4.66. The Morgan fingerprint density at radius 3 is 2.40 bits per heavy atom. The highest BCUT2D eigenvalue weighted by atomic mass is 16.2. The second-order valence-electron chi connectivity index (χ2n) is 4.00. The van der Waals surface area contributed by atoms with Gasteiger partial charge >= 0.3 is 0 Å². The Morgan fingerprint density at radius 2 is 1.85 bits per heavy atom. The Bertz CT molecular complexity index is 730. The van der Waals surface area contributed by atoms with Gasteiger partial charge in [-0.3, -0.25) is 14.2 Å². The third-order valence-electron chi connectivity index (χ3n) is 2.52. The molecule has 0 amide bonds. The van der Waals surface area contributed by atoms with Gasteiger partial charge in [0, 0.05) is 26.2 Å². The summed E-state index contributed by atoms with van der Waals surface area (Å²) < 4.78 is 2.70. The molecular formula is C13H13N5O2. The summed E-state index contributed by atoms with van der Waals surface area (Å²) in [5.74, 6) is -0.133. The lowest BCUT2D eigenvalue weighted by Crippen LogP contribution is -2.06. The summed E-state index contributed by atoms with van der Waals surface area (Å²) >= 11 is 0. The number of carbonyl (C=O) groups is 2. The molecule has 0 aliphatic carbocycles. The molecule has 1 aromatic carbocycles. The molecule has 0 fully saturated rings. The molecule has 7 heteroatoms. The minimum absolute atomic E-state index is 0.0116. The van der Waals surface area contributed by atoms with Gasteiger partial charge < -0.3 is 0 Å². The highest BCUT2D eigenvalue weighted by molar-refractivity contribution is 5.87. The average Bonchev–Trinajstić information content (AvgIpc) is 3.09. The van der Waals surface area contributed by atoms with Crippen molar-refractivity contribution in [2.24, 2.45) is 0 Å². The normalized spacial score (nSPS) is 9.90. The molecule has 0 saturated carbocycles.